The van der Waals surface area contributed by atoms with Gasteiger partial charge in [0.2, 0.25) is 5.88 Å². The molecule has 1 atom stereocenters. The predicted octanol–water partition coefficient (Wildman–Crippen LogP) is 3.77. The Bertz CT molecular complexity index is 814. The molecular formula is C21H26FN3O2. The van der Waals surface area contributed by atoms with Crippen molar-refractivity contribution in [2.24, 2.45) is 0 Å². The molecule has 4 rings (SSSR count). The SMILES string of the molecule is Cc1cc(OC2CCN([C@H](C)c3nc4c(cc3F)CCO4)CC2)cc(C)n1. The van der Waals surface area contributed by atoms with Crippen LogP contribution in [0.2, 0.25) is 0 Å². The van der Waals surface area contributed by atoms with Crippen LogP contribution in [0.15, 0.2) is 18.2 Å². The van der Waals surface area contributed by atoms with E-state index in [0.717, 1.165) is 55.1 Å². The Morgan fingerprint density at radius 1 is 1.15 bits per heavy atom. The number of aromatic nitrogens is 2. The molecule has 0 aromatic carbocycles. The molecule has 0 N–H and O–H groups in total. The highest BCUT2D eigenvalue weighted by atomic mass is 19.1. The molecule has 0 unspecified atom stereocenters. The number of ether oxygens (including phenoxy) is 2. The highest BCUT2D eigenvalue weighted by Crippen LogP contribution is 2.31. The molecule has 0 bridgehead atoms. The summed E-state index contributed by atoms with van der Waals surface area (Å²) in [7, 11) is 0. The van der Waals surface area contributed by atoms with Gasteiger partial charge in [0.1, 0.15) is 17.7 Å². The molecular weight excluding hydrogens is 345 g/mol. The summed E-state index contributed by atoms with van der Waals surface area (Å²) in [4.78, 5) is 11.1. The third kappa shape index (κ3) is 3.90. The molecule has 5 nitrogen and oxygen atoms in total. The molecule has 0 aliphatic carbocycles. The van der Waals surface area contributed by atoms with E-state index >= 15 is 0 Å². The fraction of sp³-hybridized carbons (Fsp3) is 0.524. The van der Waals surface area contributed by atoms with Crippen LogP contribution in [0, 0.1) is 19.7 Å². The van der Waals surface area contributed by atoms with Gasteiger partial charge in [0, 0.05) is 48.6 Å². The minimum absolute atomic E-state index is 0.0779. The second-order valence-electron chi connectivity index (χ2n) is 7.53. The Morgan fingerprint density at radius 2 is 1.85 bits per heavy atom. The van der Waals surface area contributed by atoms with Crippen molar-refractivity contribution in [1.29, 1.82) is 0 Å². The Morgan fingerprint density at radius 3 is 2.56 bits per heavy atom. The summed E-state index contributed by atoms with van der Waals surface area (Å²) in [6.07, 6.45) is 2.74. The van der Waals surface area contributed by atoms with E-state index in [1.165, 1.54) is 0 Å². The quantitative estimate of drug-likeness (QED) is 0.819. The van der Waals surface area contributed by atoms with E-state index in [4.69, 9.17) is 9.47 Å². The number of piperidine rings is 1. The lowest BCUT2D eigenvalue weighted by Gasteiger charge is -2.36. The standard InChI is InChI=1S/C21H26FN3O2/c1-13-10-18(11-14(2)23-13)27-17-4-7-25(8-5-17)15(3)20-19(22)12-16-6-9-26-21(16)24-20/h10-12,15,17H,4-9H2,1-3H3/t15-/m1/s1. The number of likely N-dealkylation sites (tertiary alicyclic amines) is 1. The van der Waals surface area contributed by atoms with E-state index in [-0.39, 0.29) is 18.0 Å². The number of nitrogens with zero attached hydrogens (tertiary/aromatic N) is 3. The molecule has 4 heterocycles. The largest absolute Gasteiger partial charge is 0.490 e. The molecule has 1 saturated heterocycles. The van der Waals surface area contributed by atoms with Crippen molar-refractivity contribution in [2.45, 2.75) is 52.2 Å². The van der Waals surface area contributed by atoms with Gasteiger partial charge in [0.25, 0.3) is 0 Å². The molecule has 0 saturated carbocycles. The molecule has 0 spiro atoms. The smallest absolute Gasteiger partial charge is 0.217 e. The summed E-state index contributed by atoms with van der Waals surface area (Å²) in [5.41, 5.74) is 3.29. The maximum absolute atomic E-state index is 14.5. The normalized spacial score (nSPS) is 18.8. The predicted molar refractivity (Wildman–Crippen MR) is 101 cm³/mol. The average Bonchev–Trinajstić information content (AvgIpc) is 3.07. The second-order valence-corrected chi connectivity index (χ2v) is 7.53. The lowest BCUT2D eigenvalue weighted by atomic mass is 10.0. The van der Waals surface area contributed by atoms with E-state index in [1.54, 1.807) is 6.07 Å². The van der Waals surface area contributed by atoms with Crippen molar-refractivity contribution in [3.05, 3.63) is 46.7 Å². The highest BCUT2D eigenvalue weighted by molar-refractivity contribution is 5.33. The number of rotatable bonds is 4. The van der Waals surface area contributed by atoms with Crippen LogP contribution in [0.3, 0.4) is 0 Å². The summed E-state index contributed by atoms with van der Waals surface area (Å²) in [5, 5.41) is 0. The third-order valence-electron chi connectivity index (χ3n) is 5.43. The third-order valence-corrected chi connectivity index (χ3v) is 5.43. The minimum Gasteiger partial charge on any atom is -0.490 e. The summed E-state index contributed by atoms with van der Waals surface area (Å²) in [6, 6.07) is 5.47. The van der Waals surface area contributed by atoms with Crippen molar-refractivity contribution in [2.75, 3.05) is 19.7 Å². The number of halogens is 1. The fourth-order valence-electron chi connectivity index (χ4n) is 3.99. The van der Waals surface area contributed by atoms with E-state index < -0.39 is 0 Å². The number of fused-ring (bicyclic) bond motifs is 1. The van der Waals surface area contributed by atoms with Crippen LogP contribution in [0.1, 0.15) is 48.5 Å². The van der Waals surface area contributed by atoms with Crippen LogP contribution in [0.5, 0.6) is 11.6 Å². The second kappa shape index (κ2) is 7.43. The van der Waals surface area contributed by atoms with Crippen LogP contribution in [0.25, 0.3) is 0 Å². The van der Waals surface area contributed by atoms with Crippen molar-refractivity contribution < 1.29 is 13.9 Å². The van der Waals surface area contributed by atoms with Gasteiger partial charge in [-0.25, -0.2) is 9.37 Å². The van der Waals surface area contributed by atoms with Crippen LogP contribution in [0.4, 0.5) is 4.39 Å². The van der Waals surface area contributed by atoms with Crippen LogP contribution in [-0.2, 0) is 6.42 Å². The van der Waals surface area contributed by atoms with Crippen molar-refractivity contribution in [3.8, 4) is 11.6 Å². The van der Waals surface area contributed by atoms with Gasteiger partial charge in [-0.05, 0) is 39.7 Å². The van der Waals surface area contributed by atoms with Crippen molar-refractivity contribution in [1.82, 2.24) is 14.9 Å². The Hall–Kier alpha value is -2.21. The molecule has 27 heavy (non-hydrogen) atoms. The lowest BCUT2D eigenvalue weighted by Crippen LogP contribution is -2.40. The minimum atomic E-state index is -0.229. The zero-order valence-corrected chi connectivity index (χ0v) is 16.2. The first kappa shape index (κ1) is 18.2. The molecule has 1 fully saturated rings. The van der Waals surface area contributed by atoms with Crippen LogP contribution >= 0.6 is 0 Å². The summed E-state index contributed by atoms with van der Waals surface area (Å²) in [6.45, 7) is 8.28. The van der Waals surface area contributed by atoms with Gasteiger partial charge in [-0.2, -0.15) is 0 Å². The van der Waals surface area contributed by atoms with E-state index in [9.17, 15) is 4.39 Å². The maximum Gasteiger partial charge on any atom is 0.217 e. The first-order valence-electron chi connectivity index (χ1n) is 9.67. The van der Waals surface area contributed by atoms with Gasteiger partial charge >= 0.3 is 0 Å². The van der Waals surface area contributed by atoms with E-state index in [0.29, 0.717) is 18.2 Å². The molecule has 0 radical (unpaired) electrons. The molecule has 6 heteroatoms. The Kier molecular flexibility index (Phi) is 5.00. The average molecular weight is 371 g/mol. The topological polar surface area (TPSA) is 47.5 Å². The van der Waals surface area contributed by atoms with Gasteiger partial charge in [0.15, 0.2) is 0 Å². The molecule has 2 aromatic rings. The fourth-order valence-corrected chi connectivity index (χ4v) is 3.99. The zero-order valence-electron chi connectivity index (χ0n) is 16.2. The number of hydrogen-bond acceptors (Lipinski definition) is 5. The van der Waals surface area contributed by atoms with Crippen molar-refractivity contribution in [3.63, 3.8) is 0 Å². The molecule has 2 aromatic heterocycles. The van der Waals surface area contributed by atoms with Crippen LogP contribution < -0.4 is 9.47 Å². The van der Waals surface area contributed by atoms with E-state index in [2.05, 4.69) is 14.9 Å². The van der Waals surface area contributed by atoms with Crippen LogP contribution in [-0.4, -0.2) is 40.7 Å². The van der Waals surface area contributed by atoms with E-state index in [1.807, 2.05) is 32.9 Å². The van der Waals surface area contributed by atoms with Gasteiger partial charge in [-0.15, -0.1) is 0 Å². The van der Waals surface area contributed by atoms with Gasteiger partial charge in [-0.3, -0.25) is 9.88 Å². The summed E-state index contributed by atoms with van der Waals surface area (Å²) in [5.74, 6) is 1.25. The number of hydrogen-bond donors (Lipinski definition) is 0. The first-order chi connectivity index (χ1) is 13.0. The summed E-state index contributed by atoms with van der Waals surface area (Å²) < 4.78 is 26.2. The molecule has 0 amide bonds. The maximum atomic E-state index is 14.5. The zero-order chi connectivity index (χ0) is 19.0. The monoisotopic (exact) mass is 371 g/mol. The number of pyridine rings is 2. The Labute approximate surface area is 159 Å². The van der Waals surface area contributed by atoms with Gasteiger partial charge < -0.3 is 9.47 Å². The van der Waals surface area contributed by atoms with Gasteiger partial charge in [0.05, 0.1) is 18.3 Å². The first-order valence-corrected chi connectivity index (χ1v) is 9.67. The highest BCUT2D eigenvalue weighted by Gasteiger charge is 2.28. The lowest BCUT2D eigenvalue weighted by molar-refractivity contribution is 0.0773. The summed E-state index contributed by atoms with van der Waals surface area (Å²) >= 11 is 0. The van der Waals surface area contributed by atoms with Crippen molar-refractivity contribution >= 4 is 0 Å². The molecule has 144 valence electrons. The van der Waals surface area contributed by atoms with Gasteiger partial charge in [-0.1, -0.05) is 0 Å². The number of aryl methyl sites for hydroxylation is 2. The molecule has 2 aliphatic rings. The Balaban J connectivity index is 1.39. The molecule has 2 aliphatic heterocycles.